The van der Waals surface area contributed by atoms with Crippen LogP contribution in [0.15, 0.2) is 24.3 Å². The minimum absolute atomic E-state index is 0.169. The molecule has 0 aliphatic carbocycles. The molecule has 1 atom stereocenters. The van der Waals surface area contributed by atoms with Crippen molar-refractivity contribution < 1.29 is 23.8 Å². The summed E-state index contributed by atoms with van der Waals surface area (Å²) in [7, 11) is 0. The van der Waals surface area contributed by atoms with Gasteiger partial charge in [-0.25, -0.2) is 4.79 Å². The zero-order chi connectivity index (χ0) is 16.0. The van der Waals surface area contributed by atoms with E-state index in [1.807, 2.05) is 13.0 Å². The van der Waals surface area contributed by atoms with Crippen molar-refractivity contribution >= 4 is 12.1 Å². The van der Waals surface area contributed by atoms with E-state index in [0.717, 1.165) is 5.56 Å². The van der Waals surface area contributed by atoms with Crippen LogP contribution in [0, 0.1) is 18.8 Å². The summed E-state index contributed by atoms with van der Waals surface area (Å²) in [5, 5.41) is 0. The molecule has 0 aliphatic rings. The van der Waals surface area contributed by atoms with Crippen molar-refractivity contribution in [3.8, 4) is 5.75 Å². The third-order valence-corrected chi connectivity index (χ3v) is 2.65. The molecule has 5 nitrogen and oxygen atoms in total. The van der Waals surface area contributed by atoms with Gasteiger partial charge in [0.05, 0.1) is 5.92 Å². The molecule has 0 aliphatic heterocycles. The van der Waals surface area contributed by atoms with Crippen LogP contribution in [0.25, 0.3) is 0 Å². The number of benzene rings is 1. The molecule has 21 heavy (non-hydrogen) atoms. The topological polar surface area (TPSA) is 61.8 Å². The van der Waals surface area contributed by atoms with E-state index in [4.69, 9.17) is 14.2 Å². The van der Waals surface area contributed by atoms with Gasteiger partial charge in [0.15, 0.2) is 0 Å². The summed E-state index contributed by atoms with van der Waals surface area (Å²) in [4.78, 5) is 23.3. The predicted octanol–water partition coefficient (Wildman–Crippen LogP) is 3.69. The highest BCUT2D eigenvalue weighted by atomic mass is 16.8. The van der Waals surface area contributed by atoms with Gasteiger partial charge in [-0.05, 0) is 24.6 Å². The zero-order valence-electron chi connectivity index (χ0n) is 13.1. The third-order valence-electron chi connectivity index (χ3n) is 2.65. The molecular weight excluding hydrogens is 272 g/mol. The lowest BCUT2D eigenvalue weighted by Crippen LogP contribution is -2.32. The van der Waals surface area contributed by atoms with Crippen molar-refractivity contribution in [1.29, 1.82) is 0 Å². The van der Waals surface area contributed by atoms with Gasteiger partial charge in [0.2, 0.25) is 0 Å². The highest BCUT2D eigenvalue weighted by Crippen LogP contribution is 2.16. The van der Waals surface area contributed by atoms with Gasteiger partial charge in [-0.15, -0.1) is 0 Å². The fraction of sp³-hybridized carbons (Fsp3) is 0.500. The Labute approximate surface area is 125 Å². The molecule has 0 aromatic heterocycles. The van der Waals surface area contributed by atoms with E-state index in [1.165, 1.54) is 0 Å². The largest absolute Gasteiger partial charge is 0.516 e. The van der Waals surface area contributed by atoms with Crippen molar-refractivity contribution in [3.05, 3.63) is 29.8 Å². The van der Waals surface area contributed by atoms with Crippen molar-refractivity contribution in [2.75, 3.05) is 0 Å². The molecular formula is C16H22O5. The first kappa shape index (κ1) is 17.0. The number of rotatable bonds is 5. The number of carbonyl (C=O) groups is 2. The first-order valence-corrected chi connectivity index (χ1v) is 6.95. The maximum Gasteiger partial charge on any atom is 0.516 e. The van der Waals surface area contributed by atoms with Crippen molar-refractivity contribution in [2.24, 2.45) is 11.8 Å². The quantitative estimate of drug-likeness (QED) is 0.471. The second-order valence-electron chi connectivity index (χ2n) is 5.49. The van der Waals surface area contributed by atoms with E-state index in [9.17, 15) is 9.59 Å². The lowest BCUT2D eigenvalue weighted by molar-refractivity contribution is -0.180. The average molecular weight is 294 g/mol. The number of aryl methyl sites for hydroxylation is 1. The first-order valence-electron chi connectivity index (χ1n) is 6.95. The summed E-state index contributed by atoms with van der Waals surface area (Å²) in [6.07, 6.45) is -1.85. The summed E-state index contributed by atoms with van der Waals surface area (Å²) in [5.41, 5.74) is 0.965. The Morgan fingerprint density at radius 1 is 1.05 bits per heavy atom. The highest BCUT2D eigenvalue weighted by molar-refractivity contribution is 5.72. The van der Waals surface area contributed by atoms with Gasteiger partial charge < -0.3 is 14.2 Å². The molecule has 0 fully saturated rings. The van der Waals surface area contributed by atoms with E-state index in [2.05, 4.69) is 0 Å². The van der Waals surface area contributed by atoms with Gasteiger partial charge in [0.1, 0.15) is 5.75 Å². The lowest BCUT2D eigenvalue weighted by Gasteiger charge is -2.21. The van der Waals surface area contributed by atoms with Crippen LogP contribution in [0.1, 0.15) is 33.3 Å². The van der Waals surface area contributed by atoms with Crippen LogP contribution >= 0.6 is 0 Å². The standard InChI is InChI=1S/C16H22O5/c1-10(2)14(17)20-15(11(3)4)21-16(18)19-13-8-6-7-12(5)9-13/h6-11,15H,1-5H3/t15-/m0/s1. The van der Waals surface area contributed by atoms with Crippen molar-refractivity contribution in [3.63, 3.8) is 0 Å². The number of esters is 1. The first-order chi connectivity index (χ1) is 9.79. The minimum atomic E-state index is -0.961. The van der Waals surface area contributed by atoms with Gasteiger partial charge >= 0.3 is 12.1 Å². The van der Waals surface area contributed by atoms with Gasteiger partial charge in [-0.2, -0.15) is 0 Å². The molecule has 116 valence electrons. The Bertz CT molecular complexity index is 493. The van der Waals surface area contributed by atoms with Gasteiger partial charge in [-0.1, -0.05) is 39.8 Å². The van der Waals surface area contributed by atoms with Crippen LogP contribution in [0.3, 0.4) is 0 Å². The normalized spacial score (nSPS) is 12.1. The third kappa shape index (κ3) is 5.85. The van der Waals surface area contributed by atoms with E-state index in [0.29, 0.717) is 5.75 Å². The Morgan fingerprint density at radius 3 is 2.24 bits per heavy atom. The second-order valence-corrected chi connectivity index (χ2v) is 5.49. The minimum Gasteiger partial charge on any atom is -0.425 e. The molecule has 5 heteroatoms. The Kier molecular flexibility index (Phi) is 6.21. The van der Waals surface area contributed by atoms with Crippen molar-refractivity contribution in [1.82, 2.24) is 0 Å². The van der Waals surface area contributed by atoms with Crippen molar-refractivity contribution in [2.45, 2.75) is 40.9 Å². The molecule has 0 N–H and O–H groups in total. The molecule has 1 rings (SSSR count). The van der Waals surface area contributed by atoms with E-state index >= 15 is 0 Å². The predicted molar refractivity (Wildman–Crippen MR) is 77.8 cm³/mol. The van der Waals surface area contributed by atoms with Gasteiger partial charge in [0, 0.05) is 5.92 Å². The van der Waals surface area contributed by atoms with Crippen LogP contribution in [-0.2, 0) is 14.3 Å². The summed E-state index contributed by atoms with van der Waals surface area (Å²) in [5.74, 6) is -0.491. The molecule has 0 radical (unpaired) electrons. The van der Waals surface area contributed by atoms with Crippen LogP contribution in [0.2, 0.25) is 0 Å². The maximum absolute atomic E-state index is 11.8. The smallest absolute Gasteiger partial charge is 0.425 e. The Balaban J connectivity index is 2.62. The molecule has 0 saturated carbocycles. The number of ether oxygens (including phenoxy) is 3. The monoisotopic (exact) mass is 294 g/mol. The molecule has 0 bridgehead atoms. The molecule has 1 aromatic rings. The molecule has 1 aromatic carbocycles. The Hall–Kier alpha value is -2.04. The van der Waals surface area contributed by atoms with E-state index in [1.54, 1.807) is 45.9 Å². The van der Waals surface area contributed by atoms with Gasteiger partial charge in [0.25, 0.3) is 6.29 Å². The number of carbonyl (C=O) groups excluding carboxylic acids is 2. The van der Waals surface area contributed by atoms with Crippen LogP contribution in [0.4, 0.5) is 4.79 Å². The van der Waals surface area contributed by atoms with Crippen LogP contribution < -0.4 is 4.74 Å². The molecule has 0 spiro atoms. The van der Waals surface area contributed by atoms with E-state index < -0.39 is 18.4 Å². The summed E-state index contributed by atoms with van der Waals surface area (Å²) < 4.78 is 15.3. The molecule has 0 saturated heterocycles. The fourth-order valence-electron chi connectivity index (χ4n) is 1.44. The number of hydrogen-bond donors (Lipinski definition) is 0. The highest BCUT2D eigenvalue weighted by Gasteiger charge is 2.25. The molecule has 0 heterocycles. The molecule has 0 amide bonds. The summed E-state index contributed by atoms with van der Waals surface area (Å²) in [6.45, 7) is 8.89. The van der Waals surface area contributed by atoms with E-state index in [-0.39, 0.29) is 11.8 Å². The average Bonchev–Trinajstić information content (AvgIpc) is 2.37. The molecule has 0 unspecified atom stereocenters. The van der Waals surface area contributed by atoms with Crippen LogP contribution in [0.5, 0.6) is 5.75 Å². The summed E-state index contributed by atoms with van der Waals surface area (Å²) in [6, 6.07) is 7.03. The lowest BCUT2D eigenvalue weighted by atomic mass is 10.2. The summed E-state index contributed by atoms with van der Waals surface area (Å²) >= 11 is 0. The Morgan fingerprint density at radius 2 is 1.71 bits per heavy atom. The SMILES string of the molecule is Cc1cccc(OC(=O)O[C@H](OC(=O)C(C)C)C(C)C)c1. The maximum atomic E-state index is 11.8. The zero-order valence-corrected chi connectivity index (χ0v) is 13.1. The number of hydrogen-bond acceptors (Lipinski definition) is 5. The van der Waals surface area contributed by atoms with Crippen LogP contribution in [-0.4, -0.2) is 18.4 Å². The van der Waals surface area contributed by atoms with Gasteiger partial charge in [-0.3, -0.25) is 4.79 Å². The fourth-order valence-corrected chi connectivity index (χ4v) is 1.44. The second kappa shape index (κ2) is 7.67.